The van der Waals surface area contributed by atoms with E-state index in [9.17, 15) is 9.59 Å². The third-order valence-electron chi connectivity index (χ3n) is 3.01. The number of benzene rings is 1. The molecule has 0 aliphatic carbocycles. The Morgan fingerprint density at radius 3 is 2.71 bits per heavy atom. The number of para-hydroxylation sites is 2. The van der Waals surface area contributed by atoms with Gasteiger partial charge in [-0.05, 0) is 19.1 Å². The minimum Gasteiger partial charge on any atom is -0.495 e. The Morgan fingerprint density at radius 2 is 2.10 bits per heavy atom. The smallest absolute Gasteiger partial charge is 0.339 e. The molecule has 1 aromatic carbocycles. The largest absolute Gasteiger partial charge is 0.495 e. The average Bonchev–Trinajstić information content (AvgIpc) is 2.81. The van der Waals surface area contributed by atoms with Gasteiger partial charge in [0.2, 0.25) is 5.91 Å². The first-order chi connectivity index (χ1) is 10.0. The first-order valence-corrected chi connectivity index (χ1v) is 6.21. The van der Waals surface area contributed by atoms with Crippen LogP contribution in [0.2, 0.25) is 0 Å². The van der Waals surface area contributed by atoms with E-state index >= 15 is 0 Å². The molecule has 0 radical (unpaired) electrons. The number of rotatable bonds is 5. The van der Waals surface area contributed by atoms with Gasteiger partial charge in [-0.1, -0.05) is 12.1 Å². The highest BCUT2D eigenvalue weighted by atomic mass is 16.5. The molecule has 7 heteroatoms. The van der Waals surface area contributed by atoms with E-state index in [0.717, 1.165) is 0 Å². The van der Waals surface area contributed by atoms with Crippen LogP contribution in [-0.2, 0) is 11.3 Å². The van der Waals surface area contributed by atoms with Crippen molar-refractivity contribution in [3.8, 4) is 5.75 Å². The zero-order chi connectivity index (χ0) is 15.4. The van der Waals surface area contributed by atoms with Gasteiger partial charge in [-0.2, -0.15) is 5.10 Å². The summed E-state index contributed by atoms with van der Waals surface area (Å²) < 4.78 is 6.48. The van der Waals surface area contributed by atoms with Crippen molar-refractivity contribution in [2.24, 2.45) is 0 Å². The Balaban J connectivity index is 2.10. The van der Waals surface area contributed by atoms with Crippen LogP contribution in [0.4, 0.5) is 5.69 Å². The fourth-order valence-corrected chi connectivity index (χ4v) is 1.89. The zero-order valence-electron chi connectivity index (χ0n) is 11.7. The van der Waals surface area contributed by atoms with Crippen LogP contribution in [0.25, 0.3) is 0 Å². The quantitative estimate of drug-likeness (QED) is 0.870. The number of aromatic carboxylic acids is 1. The fourth-order valence-electron chi connectivity index (χ4n) is 1.89. The second-order valence-corrected chi connectivity index (χ2v) is 4.35. The SMILES string of the molecule is COc1ccccc1NC(=O)Cn1ncc(C(=O)O)c1C. The van der Waals surface area contributed by atoms with Crippen LogP contribution in [-0.4, -0.2) is 33.9 Å². The Kier molecular flexibility index (Phi) is 4.22. The molecule has 0 bridgehead atoms. The number of carboxylic acid groups (broad SMARTS) is 1. The van der Waals surface area contributed by atoms with Crippen LogP contribution < -0.4 is 10.1 Å². The van der Waals surface area contributed by atoms with Crippen LogP contribution in [0.1, 0.15) is 16.1 Å². The number of hydrogen-bond acceptors (Lipinski definition) is 4. The molecule has 0 fully saturated rings. The summed E-state index contributed by atoms with van der Waals surface area (Å²) in [5, 5.41) is 15.6. The molecule has 0 saturated heterocycles. The molecule has 0 unspecified atom stereocenters. The zero-order valence-corrected chi connectivity index (χ0v) is 11.7. The molecule has 21 heavy (non-hydrogen) atoms. The molecule has 0 saturated carbocycles. The molecule has 1 aromatic heterocycles. The normalized spacial score (nSPS) is 10.2. The lowest BCUT2D eigenvalue weighted by molar-refractivity contribution is -0.117. The van der Waals surface area contributed by atoms with Crippen LogP contribution in [0, 0.1) is 6.92 Å². The first kappa shape index (κ1) is 14.6. The topological polar surface area (TPSA) is 93.5 Å². The van der Waals surface area contributed by atoms with Gasteiger partial charge in [0, 0.05) is 0 Å². The minimum atomic E-state index is -1.07. The van der Waals surface area contributed by atoms with Gasteiger partial charge in [0.25, 0.3) is 0 Å². The Labute approximate surface area is 121 Å². The summed E-state index contributed by atoms with van der Waals surface area (Å²) >= 11 is 0. The van der Waals surface area contributed by atoms with E-state index in [2.05, 4.69) is 10.4 Å². The summed E-state index contributed by atoms with van der Waals surface area (Å²) in [5.74, 6) is -0.833. The van der Waals surface area contributed by atoms with E-state index in [1.165, 1.54) is 18.0 Å². The summed E-state index contributed by atoms with van der Waals surface area (Å²) in [6.07, 6.45) is 1.23. The number of anilines is 1. The van der Waals surface area contributed by atoms with Gasteiger partial charge >= 0.3 is 5.97 Å². The van der Waals surface area contributed by atoms with Gasteiger partial charge in [-0.15, -0.1) is 0 Å². The highest BCUT2D eigenvalue weighted by Crippen LogP contribution is 2.22. The second kappa shape index (κ2) is 6.08. The van der Waals surface area contributed by atoms with E-state index in [-0.39, 0.29) is 18.0 Å². The van der Waals surface area contributed by atoms with E-state index < -0.39 is 5.97 Å². The maximum absolute atomic E-state index is 12.0. The summed E-state index contributed by atoms with van der Waals surface area (Å²) in [7, 11) is 1.52. The Bertz CT molecular complexity index is 679. The van der Waals surface area contributed by atoms with Crippen molar-refractivity contribution in [3.05, 3.63) is 41.7 Å². The second-order valence-electron chi connectivity index (χ2n) is 4.35. The number of aromatic nitrogens is 2. The molecule has 0 spiro atoms. The third-order valence-corrected chi connectivity index (χ3v) is 3.01. The van der Waals surface area contributed by atoms with Gasteiger partial charge in [-0.3, -0.25) is 9.48 Å². The predicted octanol–water partition coefficient (Wildman–Crippen LogP) is 1.54. The van der Waals surface area contributed by atoms with Crippen LogP contribution >= 0.6 is 0 Å². The predicted molar refractivity (Wildman–Crippen MR) is 75.5 cm³/mol. The van der Waals surface area contributed by atoms with Gasteiger partial charge in [0.15, 0.2) is 0 Å². The van der Waals surface area contributed by atoms with Crippen molar-refractivity contribution in [2.45, 2.75) is 13.5 Å². The van der Waals surface area contributed by atoms with Crippen LogP contribution in [0.5, 0.6) is 5.75 Å². The standard InChI is InChI=1S/C14H15N3O4/c1-9-10(14(19)20)7-15-17(9)8-13(18)16-11-5-3-4-6-12(11)21-2/h3-7H,8H2,1-2H3,(H,16,18)(H,19,20). The van der Waals surface area contributed by atoms with Crippen molar-refractivity contribution in [2.75, 3.05) is 12.4 Å². The number of amides is 1. The number of carboxylic acids is 1. The van der Waals surface area contributed by atoms with Crippen LogP contribution in [0.15, 0.2) is 30.5 Å². The molecule has 110 valence electrons. The van der Waals surface area contributed by atoms with Crippen molar-refractivity contribution >= 4 is 17.6 Å². The number of hydrogen-bond donors (Lipinski definition) is 2. The molecule has 0 aliphatic rings. The van der Waals surface area contributed by atoms with Crippen molar-refractivity contribution in [1.29, 1.82) is 0 Å². The van der Waals surface area contributed by atoms with E-state index in [4.69, 9.17) is 9.84 Å². The highest BCUT2D eigenvalue weighted by Gasteiger charge is 2.15. The summed E-state index contributed by atoms with van der Waals surface area (Å²) in [4.78, 5) is 22.9. The maximum atomic E-state index is 12.0. The van der Waals surface area contributed by atoms with Gasteiger partial charge in [0.1, 0.15) is 17.9 Å². The molecule has 2 aromatic rings. The Morgan fingerprint density at radius 1 is 1.38 bits per heavy atom. The number of ether oxygens (including phenoxy) is 1. The molecule has 7 nitrogen and oxygen atoms in total. The minimum absolute atomic E-state index is 0.0723. The van der Waals surface area contributed by atoms with E-state index in [0.29, 0.717) is 17.1 Å². The Hall–Kier alpha value is -2.83. The van der Waals surface area contributed by atoms with E-state index in [1.807, 2.05) is 0 Å². The van der Waals surface area contributed by atoms with Gasteiger partial charge in [0.05, 0.1) is 24.7 Å². The molecule has 0 aliphatic heterocycles. The third kappa shape index (κ3) is 3.19. The first-order valence-electron chi connectivity index (χ1n) is 6.21. The highest BCUT2D eigenvalue weighted by molar-refractivity contribution is 5.92. The molecule has 2 N–H and O–H groups in total. The van der Waals surface area contributed by atoms with Gasteiger partial charge < -0.3 is 15.2 Å². The number of nitrogens with zero attached hydrogens (tertiary/aromatic N) is 2. The number of carbonyl (C=O) groups is 2. The van der Waals surface area contributed by atoms with Crippen LogP contribution in [0.3, 0.4) is 0 Å². The molecule has 1 heterocycles. The van der Waals surface area contributed by atoms with E-state index in [1.54, 1.807) is 31.2 Å². The molecule has 2 rings (SSSR count). The monoisotopic (exact) mass is 289 g/mol. The molecular formula is C14H15N3O4. The summed E-state index contributed by atoms with van der Waals surface area (Å²) in [5.41, 5.74) is 1.06. The number of nitrogens with one attached hydrogen (secondary N) is 1. The average molecular weight is 289 g/mol. The summed E-state index contributed by atoms with van der Waals surface area (Å²) in [6, 6.07) is 7.03. The summed E-state index contributed by atoms with van der Waals surface area (Å²) in [6.45, 7) is 1.53. The molecule has 1 amide bonds. The van der Waals surface area contributed by atoms with Crippen molar-refractivity contribution in [1.82, 2.24) is 9.78 Å². The lowest BCUT2D eigenvalue weighted by Gasteiger charge is -2.10. The molecular weight excluding hydrogens is 274 g/mol. The number of carbonyl (C=O) groups excluding carboxylic acids is 1. The lowest BCUT2D eigenvalue weighted by Crippen LogP contribution is -2.20. The molecule has 0 atom stereocenters. The lowest BCUT2D eigenvalue weighted by atomic mass is 10.2. The van der Waals surface area contributed by atoms with Crippen molar-refractivity contribution in [3.63, 3.8) is 0 Å². The van der Waals surface area contributed by atoms with Gasteiger partial charge in [-0.25, -0.2) is 4.79 Å². The van der Waals surface area contributed by atoms with Crippen molar-refractivity contribution < 1.29 is 19.4 Å². The maximum Gasteiger partial charge on any atom is 0.339 e. The number of methoxy groups -OCH3 is 1. The fraction of sp³-hybridized carbons (Fsp3) is 0.214.